The molecule has 0 fully saturated rings. The molecule has 1 aromatic heterocycles. The maximum atomic E-state index is 12.0. The molecule has 3 amide bonds. The van der Waals surface area contributed by atoms with E-state index in [0.29, 0.717) is 17.7 Å². The summed E-state index contributed by atoms with van der Waals surface area (Å²) in [5, 5.41) is 9.02. The molecule has 0 spiro atoms. The summed E-state index contributed by atoms with van der Waals surface area (Å²) < 4.78 is 0. The van der Waals surface area contributed by atoms with E-state index < -0.39 is 12.1 Å². The summed E-state index contributed by atoms with van der Waals surface area (Å²) in [4.78, 5) is 28.0. The lowest BCUT2D eigenvalue weighted by Crippen LogP contribution is -2.46. The molecular weight excluding hydrogens is 280 g/mol. The molecular formula is C16H20N4O2. The van der Waals surface area contributed by atoms with Gasteiger partial charge in [-0.2, -0.15) is 0 Å². The van der Waals surface area contributed by atoms with Gasteiger partial charge in [0, 0.05) is 18.1 Å². The van der Waals surface area contributed by atoms with E-state index in [1.54, 1.807) is 19.2 Å². The molecule has 0 aliphatic heterocycles. The number of hydrogen-bond donors (Lipinski definition) is 3. The first kappa shape index (κ1) is 15.8. The normalized spacial score (nSPS) is 11.7. The van der Waals surface area contributed by atoms with Crippen LogP contribution < -0.4 is 16.0 Å². The average molecular weight is 300 g/mol. The van der Waals surface area contributed by atoms with Crippen LogP contribution in [0.3, 0.4) is 0 Å². The second-order valence-electron chi connectivity index (χ2n) is 4.99. The van der Waals surface area contributed by atoms with Crippen LogP contribution in [0.15, 0.2) is 36.5 Å². The number of para-hydroxylation sites is 1. The van der Waals surface area contributed by atoms with Crippen LogP contribution in [0.5, 0.6) is 0 Å². The number of pyridine rings is 1. The van der Waals surface area contributed by atoms with Crippen LogP contribution in [-0.2, 0) is 4.79 Å². The van der Waals surface area contributed by atoms with Gasteiger partial charge < -0.3 is 16.0 Å². The second kappa shape index (κ2) is 7.40. The Hall–Kier alpha value is -2.63. The van der Waals surface area contributed by atoms with E-state index in [4.69, 9.17) is 0 Å². The van der Waals surface area contributed by atoms with Crippen LogP contribution >= 0.6 is 0 Å². The second-order valence-corrected chi connectivity index (χ2v) is 4.99. The van der Waals surface area contributed by atoms with E-state index >= 15 is 0 Å². The minimum Gasteiger partial charge on any atom is -0.354 e. The third kappa shape index (κ3) is 3.94. The van der Waals surface area contributed by atoms with Crippen LogP contribution in [0, 0.1) is 0 Å². The highest BCUT2D eigenvalue weighted by Crippen LogP contribution is 2.20. The van der Waals surface area contributed by atoms with Gasteiger partial charge in [-0.3, -0.25) is 9.78 Å². The van der Waals surface area contributed by atoms with Crippen molar-refractivity contribution < 1.29 is 9.59 Å². The Labute approximate surface area is 129 Å². The molecule has 1 heterocycles. The SMILES string of the molecule is CCCNC(=O)[C@H](C)NC(=O)Nc1cccc2cccnc12. The standard InChI is InChI=1S/C16H20N4O2/c1-3-9-18-15(21)11(2)19-16(22)20-13-8-4-6-12-7-5-10-17-14(12)13/h4-8,10-11H,3,9H2,1-2H3,(H,18,21)(H2,19,20,22)/t11-/m0/s1. The fourth-order valence-electron chi connectivity index (χ4n) is 2.03. The van der Waals surface area contributed by atoms with E-state index in [-0.39, 0.29) is 5.91 Å². The van der Waals surface area contributed by atoms with Crippen molar-refractivity contribution in [1.82, 2.24) is 15.6 Å². The first-order chi connectivity index (χ1) is 10.6. The fourth-order valence-corrected chi connectivity index (χ4v) is 2.03. The van der Waals surface area contributed by atoms with Crippen LogP contribution in [0.1, 0.15) is 20.3 Å². The third-order valence-electron chi connectivity index (χ3n) is 3.17. The van der Waals surface area contributed by atoms with Gasteiger partial charge in [0.2, 0.25) is 5.91 Å². The van der Waals surface area contributed by atoms with E-state index in [1.165, 1.54) is 0 Å². The van der Waals surface area contributed by atoms with Crippen molar-refractivity contribution in [2.45, 2.75) is 26.3 Å². The minimum absolute atomic E-state index is 0.201. The lowest BCUT2D eigenvalue weighted by atomic mass is 10.2. The molecule has 0 saturated heterocycles. The number of amides is 3. The maximum Gasteiger partial charge on any atom is 0.319 e. The van der Waals surface area contributed by atoms with Crippen LogP contribution in [0.4, 0.5) is 10.5 Å². The number of nitrogens with zero attached hydrogens (tertiary/aromatic N) is 1. The summed E-state index contributed by atoms with van der Waals surface area (Å²) in [5.74, 6) is -0.201. The van der Waals surface area contributed by atoms with E-state index in [2.05, 4.69) is 20.9 Å². The number of rotatable bonds is 5. The molecule has 6 nitrogen and oxygen atoms in total. The highest BCUT2D eigenvalue weighted by Gasteiger charge is 2.15. The first-order valence-electron chi connectivity index (χ1n) is 7.30. The molecule has 116 valence electrons. The number of carbonyl (C=O) groups excluding carboxylic acids is 2. The number of benzene rings is 1. The number of hydrogen-bond acceptors (Lipinski definition) is 3. The fraction of sp³-hybridized carbons (Fsp3) is 0.312. The monoisotopic (exact) mass is 300 g/mol. The smallest absolute Gasteiger partial charge is 0.319 e. The topological polar surface area (TPSA) is 83.1 Å². The largest absolute Gasteiger partial charge is 0.354 e. The Morgan fingerprint density at radius 1 is 1.23 bits per heavy atom. The minimum atomic E-state index is -0.602. The molecule has 2 rings (SSSR count). The Morgan fingerprint density at radius 2 is 2.00 bits per heavy atom. The maximum absolute atomic E-state index is 12.0. The molecule has 1 aromatic carbocycles. The lowest BCUT2D eigenvalue weighted by molar-refractivity contribution is -0.122. The van der Waals surface area contributed by atoms with Gasteiger partial charge in [0.25, 0.3) is 0 Å². The molecule has 0 aliphatic rings. The zero-order valence-corrected chi connectivity index (χ0v) is 12.7. The molecule has 6 heteroatoms. The molecule has 22 heavy (non-hydrogen) atoms. The van der Waals surface area contributed by atoms with Crippen molar-refractivity contribution in [3.05, 3.63) is 36.5 Å². The van der Waals surface area contributed by atoms with Crippen LogP contribution in [0.2, 0.25) is 0 Å². The van der Waals surface area contributed by atoms with Gasteiger partial charge in [-0.15, -0.1) is 0 Å². The number of fused-ring (bicyclic) bond motifs is 1. The molecule has 0 saturated carbocycles. The molecule has 0 unspecified atom stereocenters. The van der Waals surface area contributed by atoms with Crippen molar-refractivity contribution in [2.75, 3.05) is 11.9 Å². The molecule has 1 atom stereocenters. The Kier molecular flexibility index (Phi) is 5.30. The van der Waals surface area contributed by atoms with E-state index in [9.17, 15) is 9.59 Å². The summed E-state index contributed by atoms with van der Waals surface area (Å²) in [5.41, 5.74) is 1.32. The number of urea groups is 1. The Bertz CT molecular complexity index is 667. The number of anilines is 1. The molecule has 3 N–H and O–H groups in total. The number of carbonyl (C=O) groups is 2. The summed E-state index contributed by atoms with van der Waals surface area (Å²) in [6.07, 6.45) is 2.53. The van der Waals surface area contributed by atoms with Gasteiger partial charge in [-0.05, 0) is 25.5 Å². The summed E-state index contributed by atoms with van der Waals surface area (Å²) in [7, 11) is 0. The molecule has 0 bridgehead atoms. The highest BCUT2D eigenvalue weighted by molar-refractivity contribution is 6.00. The van der Waals surface area contributed by atoms with Crippen molar-refractivity contribution >= 4 is 28.5 Å². The van der Waals surface area contributed by atoms with Crippen molar-refractivity contribution in [1.29, 1.82) is 0 Å². The zero-order valence-electron chi connectivity index (χ0n) is 12.7. The van der Waals surface area contributed by atoms with Crippen molar-refractivity contribution in [3.8, 4) is 0 Å². The van der Waals surface area contributed by atoms with Crippen LogP contribution in [0.25, 0.3) is 10.9 Å². The van der Waals surface area contributed by atoms with Crippen molar-refractivity contribution in [2.24, 2.45) is 0 Å². The van der Waals surface area contributed by atoms with Gasteiger partial charge in [0.1, 0.15) is 6.04 Å². The van der Waals surface area contributed by atoms with Gasteiger partial charge >= 0.3 is 6.03 Å². The number of nitrogens with one attached hydrogen (secondary N) is 3. The van der Waals surface area contributed by atoms with Gasteiger partial charge in [-0.25, -0.2) is 4.79 Å². The van der Waals surface area contributed by atoms with Crippen LogP contribution in [-0.4, -0.2) is 29.5 Å². The summed E-state index contributed by atoms with van der Waals surface area (Å²) in [6.45, 7) is 4.21. The average Bonchev–Trinajstić information content (AvgIpc) is 2.52. The number of aromatic nitrogens is 1. The Balaban J connectivity index is 2.00. The summed E-state index contributed by atoms with van der Waals surface area (Å²) >= 11 is 0. The predicted molar refractivity (Wildman–Crippen MR) is 86.7 cm³/mol. The van der Waals surface area contributed by atoms with E-state index in [0.717, 1.165) is 11.8 Å². The van der Waals surface area contributed by atoms with Crippen molar-refractivity contribution in [3.63, 3.8) is 0 Å². The highest BCUT2D eigenvalue weighted by atomic mass is 16.2. The van der Waals surface area contributed by atoms with Gasteiger partial charge in [-0.1, -0.05) is 25.1 Å². The molecule has 0 aliphatic carbocycles. The molecule has 0 radical (unpaired) electrons. The first-order valence-corrected chi connectivity index (χ1v) is 7.30. The molecule has 2 aromatic rings. The quantitative estimate of drug-likeness (QED) is 0.792. The van der Waals surface area contributed by atoms with Gasteiger partial charge in [0.15, 0.2) is 0 Å². The van der Waals surface area contributed by atoms with Gasteiger partial charge in [0.05, 0.1) is 11.2 Å². The summed E-state index contributed by atoms with van der Waals surface area (Å²) in [6, 6.07) is 8.27. The zero-order chi connectivity index (χ0) is 15.9. The van der Waals surface area contributed by atoms with E-state index in [1.807, 2.05) is 31.2 Å². The third-order valence-corrected chi connectivity index (χ3v) is 3.17. The lowest BCUT2D eigenvalue weighted by Gasteiger charge is -2.15. The Morgan fingerprint density at radius 3 is 2.77 bits per heavy atom. The predicted octanol–water partition coefficient (Wildman–Crippen LogP) is 2.27.